The van der Waals surface area contributed by atoms with Gasteiger partial charge >= 0.3 is 5.97 Å². The third kappa shape index (κ3) is 4.71. The molecule has 3 nitrogen and oxygen atoms in total. The molecule has 30 heavy (non-hydrogen) atoms. The van der Waals surface area contributed by atoms with Gasteiger partial charge in [-0.2, -0.15) is 0 Å². The van der Waals surface area contributed by atoms with Crippen LogP contribution in [0.5, 0.6) is 0 Å². The molecule has 1 aliphatic rings. The normalized spacial score (nSPS) is 16.7. The number of aromatic carboxylic acids is 1. The first kappa shape index (κ1) is 22.4. The Kier molecular flexibility index (Phi) is 6.59. The summed E-state index contributed by atoms with van der Waals surface area (Å²) in [4.78, 5) is 13.6. The summed E-state index contributed by atoms with van der Waals surface area (Å²) in [6, 6.07) is 14.3. The van der Waals surface area contributed by atoms with Crippen LogP contribution in [0.4, 0.5) is 11.4 Å². The molecule has 0 unspecified atom stereocenters. The van der Waals surface area contributed by atoms with E-state index in [1.54, 1.807) is 12.1 Å². The molecule has 2 aromatic rings. The van der Waals surface area contributed by atoms with Crippen LogP contribution >= 0.6 is 0 Å². The fraction of sp³-hybridized carbons (Fsp3) is 0.519. The molecular formula is C27H37NO2. The van der Waals surface area contributed by atoms with Crippen molar-refractivity contribution in [2.75, 3.05) is 11.4 Å². The van der Waals surface area contributed by atoms with E-state index in [0.717, 1.165) is 18.7 Å². The zero-order valence-electron chi connectivity index (χ0n) is 19.3. The van der Waals surface area contributed by atoms with E-state index in [1.165, 1.54) is 48.9 Å². The monoisotopic (exact) mass is 407 g/mol. The van der Waals surface area contributed by atoms with E-state index in [0.29, 0.717) is 5.56 Å². The second-order valence-corrected chi connectivity index (χ2v) is 10.1. The minimum Gasteiger partial charge on any atom is -0.478 e. The summed E-state index contributed by atoms with van der Waals surface area (Å²) in [6.07, 6.45) is 7.21. The third-order valence-electron chi connectivity index (χ3n) is 6.81. The molecule has 0 aliphatic heterocycles. The van der Waals surface area contributed by atoms with Crippen LogP contribution < -0.4 is 4.90 Å². The highest BCUT2D eigenvalue weighted by Crippen LogP contribution is 2.47. The van der Waals surface area contributed by atoms with Gasteiger partial charge in [0.2, 0.25) is 0 Å². The molecule has 0 amide bonds. The Morgan fingerprint density at radius 3 is 2.07 bits per heavy atom. The van der Waals surface area contributed by atoms with Crippen molar-refractivity contribution in [3.63, 3.8) is 0 Å². The molecule has 1 N–H and O–H groups in total. The molecular weight excluding hydrogens is 370 g/mol. The van der Waals surface area contributed by atoms with Gasteiger partial charge in [0.15, 0.2) is 0 Å². The highest BCUT2D eigenvalue weighted by molar-refractivity contribution is 5.88. The van der Waals surface area contributed by atoms with Crippen LogP contribution in [0, 0.1) is 0 Å². The van der Waals surface area contributed by atoms with Gasteiger partial charge in [0.05, 0.1) is 5.56 Å². The lowest BCUT2D eigenvalue weighted by Gasteiger charge is -2.42. The van der Waals surface area contributed by atoms with Crippen LogP contribution in [-0.2, 0) is 10.8 Å². The first-order valence-corrected chi connectivity index (χ1v) is 11.4. The number of fused-ring (bicyclic) bond motifs is 1. The SMILES string of the molecule is CCCCCCN(c1ccc(C(=O)O)cc1)c1ccc2c(c1)C(C)(C)CCC2(C)C. The second-order valence-electron chi connectivity index (χ2n) is 10.1. The molecule has 2 aromatic carbocycles. The molecule has 3 heteroatoms. The molecule has 0 aromatic heterocycles. The summed E-state index contributed by atoms with van der Waals surface area (Å²) in [5, 5.41) is 9.26. The van der Waals surface area contributed by atoms with Gasteiger partial charge in [-0.25, -0.2) is 4.79 Å². The summed E-state index contributed by atoms with van der Waals surface area (Å²) >= 11 is 0. The van der Waals surface area contributed by atoms with Gasteiger partial charge in [-0.3, -0.25) is 0 Å². The number of anilines is 2. The van der Waals surface area contributed by atoms with Crippen LogP contribution in [-0.4, -0.2) is 17.6 Å². The van der Waals surface area contributed by atoms with Crippen LogP contribution in [0.1, 0.15) is 94.6 Å². The number of unbranched alkanes of at least 4 members (excludes halogenated alkanes) is 3. The van der Waals surface area contributed by atoms with Crippen molar-refractivity contribution >= 4 is 17.3 Å². The first-order chi connectivity index (χ1) is 14.2. The van der Waals surface area contributed by atoms with E-state index < -0.39 is 5.97 Å². The van der Waals surface area contributed by atoms with Crippen LogP contribution in [0.15, 0.2) is 42.5 Å². The van der Waals surface area contributed by atoms with E-state index in [-0.39, 0.29) is 10.8 Å². The molecule has 0 heterocycles. The number of carboxylic acids is 1. The lowest BCUT2D eigenvalue weighted by atomic mass is 9.63. The number of hydrogen-bond donors (Lipinski definition) is 1. The number of benzene rings is 2. The predicted octanol–water partition coefficient (Wildman–Crippen LogP) is 7.45. The Morgan fingerprint density at radius 2 is 1.47 bits per heavy atom. The van der Waals surface area contributed by atoms with Crippen LogP contribution in [0.2, 0.25) is 0 Å². The van der Waals surface area contributed by atoms with Gasteiger partial charge < -0.3 is 10.0 Å². The Balaban J connectivity index is 1.99. The predicted molar refractivity (Wildman–Crippen MR) is 126 cm³/mol. The fourth-order valence-electron chi connectivity index (χ4n) is 4.63. The maximum Gasteiger partial charge on any atom is 0.335 e. The Morgan fingerprint density at radius 1 is 0.867 bits per heavy atom. The smallest absolute Gasteiger partial charge is 0.335 e. The number of nitrogens with zero attached hydrogens (tertiary/aromatic N) is 1. The lowest BCUT2D eigenvalue weighted by Crippen LogP contribution is -2.34. The molecule has 0 saturated heterocycles. The van der Waals surface area contributed by atoms with E-state index in [2.05, 4.69) is 57.7 Å². The quantitative estimate of drug-likeness (QED) is 0.462. The minimum absolute atomic E-state index is 0.169. The summed E-state index contributed by atoms with van der Waals surface area (Å²) in [5.41, 5.74) is 5.90. The maximum absolute atomic E-state index is 11.3. The Hall–Kier alpha value is -2.29. The number of carbonyl (C=O) groups is 1. The Bertz CT molecular complexity index is 880. The van der Waals surface area contributed by atoms with Gasteiger partial charge in [-0.15, -0.1) is 0 Å². The molecule has 1 aliphatic carbocycles. The van der Waals surface area contributed by atoms with E-state index in [1.807, 2.05) is 12.1 Å². The molecule has 0 saturated carbocycles. The molecule has 0 bridgehead atoms. The number of carboxylic acid groups (broad SMARTS) is 1. The van der Waals surface area contributed by atoms with E-state index in [4.69, 9.17) is 0 Å². The molecule has 0 atom stereocenters. The lowest BCUT2D eigenvalue weighted by molar-refractivity contribution is 0.0697. The highest BCUT2D eigenvalue weighted by Gasteiger charge is 2.37. The minimum atomic E-state index is -0.881. The summed E-state index contributed by atoms with van der Waals surface area (Å²) in [7, 11) is 0. The van der Waals surface area contributed by atoms with Crippen molar-refractivity contribution in [2.24, 2.45) is 0 Å². The first-order valence-electron chi connectivity index (χ1n) is 11.4. The topological polar surface area (TPSA) is 40.5 Å². The maximum atomic E-state index is 11.3. The van der Waals surface area contributed by atoms with Crippen molar-refractivity contribution in [3.8, 4) is 0 Å². The number of hydrogen-bond acceptors (Lipinski definition) is 2. The Labute approximate surface area is 182 Å². The number of rotatable bonds is 8. The van der Waals surface area contributed by atoms with Crippen molar-refractivity contribution in [2.45, 2.75) is 84.0 Å². The largest absolute Gasteiger partial charge is 0.478 e. The van der Waals surface area contributed by atoms with Crippen molar-refractivity contribution in [1.82, 2.24) is 0 Å². The van der Waals surface area contributed by atoms with Crippen molar-refractivity contribution in [3.05, 3.63) is 59.2 Å². The highest BCUT2D eigenvalue weighted by atomic mass is 16.4. The average Bonchev–Trinajstić information content (AvgIpc) is 2.71. The van der Waals surface area contributed by atoms with Gasteiger partial charge in [-0.1, -0.05) is 59.9 Å². The van der Waals surface area contributed by atoms with Crippen molar-refractivity contribution < 1.29 is 9.90 Å². The summed E-state index contributed by atoms with van der Waals surface area (Å²) < 4.78 is 0. The third-order valence-corrected chi connectivity index (χ3v) is 6.81. The summed E-state index contributed by atoms with van der Waals surface area (Å²) in [6.45, 7) is 12.6. The zero-order chi connectivity index (χ0) is 21.9. The standard InChI is InChI=1S/C27H37NO2/c1-6-7-8-9-18-28(21-12-10-20(11-13-21)25(29)30)22-14-15-23-24(19-22)27(4,5)17-16-26(23,2)3/h10-15,19H,6-9,16-18H2,1-5H3,(H,29,30). The molecule has 0 fully saturated rings. The van der Waals surface area contributed by atoms with Gasteiger partial charge in [0, 0.05) is 17.9 Å². The van der Waals surface area contributed by atoms with Crippen LogP contribution in [0.3, 0.4) is 0 Å². The zero-order valence-corrected chi connectivity index (χ0v) is 19.3. The van der Waals surface area contributed by atoms with E-state index in [9.17, 15) is 9.90 Å². The molecule has 0 spiro atoms. The second kappa shape index (κ2) is 8.83. The van der Waals surface area contributed by atoms with Gasteiger partial charge in [-0.05, 0) is 77.6 Å². The van der Waals surface area contributed by atoms with Gasteiger partial charge in [0.1, 0.15) is 0 Å². The van der Waals surface area contributed by atoms with E-state index >= 15 is 0 Å². The summed E-state index contributed by atoms with van der Waals surface area (Å²) in [5.74, 6) is -0.881. The fourth-order valence-corrected chi connectivity index (χ4v) is 4.63. The molecule has 0 radical (unpaired) electrons. The molecule has 3 rings (SSSR count). The average molecular weight is 408 g/mol. The molecule has 162 valence electrons. The van der Waals surface area contributed by atoms with Crippen molar-refractivity contribution in [1.29, 1.82) is 0 Å². The van der Waals surface area contributed by atoms with Crippen LogP contribution in [0.25, 0.3) is 0 Å². The van der Waals surface area contributed by atoms with Gasteiger partial charge in [0.25, 0.3) is 0 Å².